The first-order valence-electron chi connectivity index (χ1n) is 9.43. The van der Waals surface area contributed by atoms with E-state index in [0.29, 0.717) is 5.92 Å². The Balaban J connectivity index is 1.70. The molecule has 0 radical (unpaired) electrons. The van der Waals surface area contributed by atoms with Gasteiger partial charge in [-0.2, -0.15) is 10.2 Å². The second kappa shape index (κ2) is 8.75. The minimum absolute atomic E-state index is 0.235. The fourth-order valence-electron chi connectivity index (χ4n) is 2.98. The molecule has 0 fully saturated rings. The van der Waals surface area contributed by atoms with Gasteiger partial charge in [0.05, 0.1) is 17.1 Å². The van der Waals surface area contributed by atoms with Gasteiger partial charge in [-0.15, -0.1) is 0 Å². The van der Waals surface area contributed by atoms with Crippen LogP contribution in [-0.2, 0) is 12.8 Å². The molecule has 3 rings (SSSR count). The van der Waals surface area contributed by atoms with Crippen molar-refractivity contribution in [2.24, 2.45) is 0 Å². The zero-order chi connectivity index (χ0) is 19.2. The molecule has 0 amide bonds. The summed E-state index contributed by atoms with van der Waals surface area (Å²) >= 11 is 0. The molecule has 6 heteroatoms. The van der Waals surface area contributed by atoms with Crippen molar-refractivity contribution in [1.82, 2.24) is 30.1 Å². The summed E-state index contributed by atoms with van der Waals surface area (Å²) < 4.78 is 0. The van der Waals surface area contributed by atoms with Crippen LogP contribution in [0.1, 0.15) is 74.0 Å². The summed E-state index contributed by atoms with van der Waals surface area (Å²) in [5.41, 5.74) is 3.98. The van der Waals surface area contributed by atoms with Crippen LogP contribution in [0.25, 0.3) is 0 Å². The van der Waals surface area contributed by atoms with Crippen molar-refractivity contribution in [3.8, 4) is 0 Å². The molecule has 2 unspecified atom stereocenters. The highest BCUT2D eigenvalue weighted by Crippen LogP contribution is 2.21. The third-order valence-corrected chi connectivity index (χ3v) is 4.58. The number of hydrogen-bond acceptors (Lipinski definition) is 6. The van der Waals surface area contributed by atoms with Crippen LogP contribution in [0, 0.1) is 0 Å². The monoisotopic (exact) mass is 362 g/mol. The molecule has 0 bridgehead atoms. The smallest absolute Gasteiger partial charge is 0.131 e. The molecular formula is C21H26N6. The average Bonchev–Trinajstić information content (AvgIpc) is 2.69. The molecule has 0 aliphatic rings. The predicted octanol–water partition coefficient (Wildman–Crippen LogP) is 3.87. The van der Waals surface area contributed by atoms with Crippen LogP contribution in [-0.4, -0.2) is 30.1 Å². The van der Waals surface area contributed by atoms with Crippen molar-refractivity contribution in [3.05, 3.63) is 71.6 Å². The zero-order valence-electron chi connectivity index (χ0n) is 16.4. The van der Waals surface area contributed by atoms with E-state index in [4.69, 9.17) is 4.98 Å². The van der Waals surface area contributed by atoms with E-state index in [1.165, 1.54) is 0 Å². The Morgan fingerprint density at radius 2 is 1.59 bits per heavy atom. The van der Waals surface area contributed by atoms with E-state index in [0.717, 1.165) is 41.4 Å². The van der Waals surface area contributed by atoms with E-state index < -0.39 is 0 Å². The summed E-state index contributed by atoms with van der Waals surface area (Å²) in [6.45, 7) is 8.51. The fraction of sp³-hybridized carbons (Fsp3) is 0.429. The van der Waals surface area contributed by atoms with Crippen LogP contribution in [0.2, 0.25) is 0 Å². The molecule has 0 aliphatic carbocycles. The normalized spacial score (nSPS) is 13.5. The van der Waals surface area contributed by atoms with Gasteiger partial charge in [0.2, 0.25) is 0 Å². The summed E-state index contributed by atoms with van der Waals surface area (Å²) in [5.74, 6) is 1.69. The summed E-state index contributed by atoms with van der Waals surface area (Å²) in [6.07, 6.45) is 8.83. The van der Waals surface area contributed by atoms with Gasteiger partial charge in [-0.05, 0) is 31.0 Å². The molecule has 0 N–H and O–H groups in total. The molecule has 140 valence electrons. The van der Waals surface area contributed by atoms with Crippen LogP contribution in [0.5, 0.6) is 0 Å². The minimum atomic E-state index is 0.235. The lowest BCUT2D eigenvalue weighted by Crippen LogP contribution is -2.09. The third-order valence-electron chi connectivity index (χ3n) is 4.58. The summed E-state index contributed by atoms with van der Waals surface area (Å²) in [4.78, 5) is 18.3. The Labute approximate surface area is 160 Å². The molecule has 0 aliphatic heterocycles. The second-order valence-electron chi connectivity index (χ2n) is 7.36. The van der Waals surface area contributed by atoms with Crippen molar-refractivity contribution in [2.45, 2.75) is 58.3 Å². The van der Waals surface area contributed by atoms with E-state index >= 15 is 0 Å². The van der Waals surface area contributed by atoms with Gasteiger partial charge in [0.25, 0.3) is 0 Å². The zero-order valence-corrected chi connectivity index (χ0v) is 16.4. The van der Waals surface area contributed by atoms with Crippen molar-refractivity contribution in [3.63, 3.8) is 0 Å². The average molecular weight is 362 g/mol. The first-order chi connectivity index (χ1) is 13.0. The van der Waals surface area contributed by atoms with Crippen LogP contribution in [0.4, 0.5) is 0 Å². The van der Waals surface area contributed by atoms with Crippen LogP contribution in [0.3, 0.4) is 0 Å². The maximum Gasteiger partial charge on any atom is 0.131 e. The molecule has 3 heterocycles. The molecular weight excluding hydrogens is 336 g/mol. The van der Waals surface area contributed by atoms with Gasteiger partial charge in [-0.25, -0.2) is 9.97 Å². The Hall–Kier alpha value is -2.76. The highest BCUT2D eigenvalue weighted by Gasteiger charge is 2.14. The lowest BCUT2D eigenvalue weighted by molar-refractivity contribution is 0.661. The first-order valence-corrected chi connectivity index (χ1v) is 9.43. The molecule has 0 spiro atoms. The molecule has 0 saturated carbocycles. The molecule has 0 aromatic carbocycles. The molecule has 6 nitrogen and oxygen atoms in total. The number of aromatic nitrogens is 6. The summed E-state index contributed by atoms with van der Waals surface area (Å²) in [6, 6.07) is 5.89. The molecule has 3 aromatic rings. The van der Waals surface area contributed by atoms with Gasteiger partial charge < -0.3 is 0 Å². The Morgan fingerprint density at radius 3 is 2.33 bits per heavy atom. The number of rotatable bonds is 7. The predicted molar refractivity (Wildman–Crippen MR) is 104 cm³/mol. The second-order valence-corrected chi connectivity index (χ2v) is 7.36. The Bertz CT molecular complexity index is 865. The van der Waals surface area contributed by atoms with Gasteiger partial charge in [0, 0.05) is 48.2 Å². The topological polar surface area (TPSA) is 77.3 Å². The van der Waals surface area contributed by atoms with E-state index in [-0.39, 0.29) is 11.8 Å². The Morgan fingerprint density at radius 1 is 0.815 bits per heavy atom. The minimum Gasteiger partial charge on any atom is -0.261 e. The standard InChI is InChI=1S/C21H26N6/c1-14(2)21-23-9-7-17(26-21)10-16(4)20-13-22-12-18(25-20)11-15(3)19-6-5-8-24-27-19/h5-9,12-16H,10-11H2,1-4H3. The van der Waals surface area contributed by atoms with Gasteiger partial charge in [0.1, 0.15) is 5.82 Å². The molecule has 3 aromatic heterocycles. The highest BCUT2D eigenvalue weighted by atomic mass is 15.1. The molecule has 27 heavy (non-hydrogen) atoms. The molecule has 2 atom stereocenters. The van der Waals surface area contributed by atoms with Crippen molar-refractivity contribution >= 4 is 0 Å². The number of nitrogens with zero attached hydrogens (tertiary/aromatic N) is 6. The first kappa shape index (κ1) is 19.0. The van der Waals surface area contributed by atoms with Gasteiger partial charge in [-0.1, -0.05) is 27.7 Å². The third kappa shape index (κ3) is 5.12. The van der Waals surface area contributed by atoms with Crippen molar-refractivity contribution < 1.29 is 0 Å². The lowest BCUT2D eigenvalue weighted by atomic mass is 9.99. The summed E-state index contributed by atoms with van der Waals surface area (Å²) in [7, 11) is 0. The van der Waals surface area contributed by atoms with Gasteiger partial charge >= 0.3 is 0 Å². The van der Waals surface area contributed by atoms with E-state index in [2.05, 4.69) is 52.8 Å². The largest absolute Gasteiger partial charge is 0.261 e. The maximum atomic E-state index is 4.84. The quantitative estimate of drug-likeness (QED) is 0.635. The SMILES string of the molecule is CC(C)c1nccc(CC(C)c2cncc(CC(C)c3cccnn3)n2)n1. The van der Waals surface area contributed by atoms with Crippen molar-refractivity contribution in [1.29, 1.82) is 0 Å². The summed E-state index contributed by atoms with van der Waals surface area (Å²) in [5, 5.41) is 8.16. The van der Waals surface area contributed by atoms with Crippen LogP contribution < -0.4 is 0 Å². The fourth-order valence-corrected chi connectivity index (χ4v) is 2.98. The van der Waals surface area contributed by atoms with E-state index in [1.54, 1.807) is 6.20 Å². The van der Waals surface area contributed by atoms with Crippen LogP contribution in [0.15, 0.2) is 43.0 Å². The van der Waals surface area contributed by atoms with Crippen LogP contribution >= 0.6 is 0 Å². The lowest BCUT2D eigenvalue weighted by Gasteiger charge is -2.14. The Kier molecular flexibility index (Phi) is 6.16. The maximum absolute atomic E-state index is 4.84. The highest BCUT2D eigenvalue weighted by molar-refractivity contribution is 5.15. The molecule has 0 saturated heterocycles. The van der Waals surface area contributed by atoms with Gasteiger partial charge in [0.15, 0.2) is 0 Å². The number of hydrogen-bond donors (Lipinski definition) is 0. The van der Waals surface area contributed by atoms with Crippen molar-refractivity contribution in [2.75, 3.05) is 0 Å². The van der Waals surface area contributed by atoms with E-state index in [1.807, 2.05) is 36.8 Å². The van der Waals surface area contributed by atoms with Gasteiger partial charge in [-0.3, -0.25) is 9.97 Å². The van der Waals surface area contributed by atoms with E-state index in [9.17, 15) is 0 Å².